The van der Waals surface area contributed by atoms with E-state index in [1.165, 1.54) is 0 Å². The van der Waals surface area contributed by atoms with Crippen LogP contribution in [0, 0.1) is 0 Å². The fraction of sp³-hybridized carbons (Fsp3) is 0.500. The van der Waals surface area contributed by atoms with Crippen LogP contribution in [-0.4, -0.2) is 30.9 Å². The van der Waals surface area contributed by atoms with Crippen LogP contribution in [-0.2, 0) is 9.47 Å². The maximum Gasteiger partial charge on any atom is 0.412 e. The normalized spacial score (nSPS) is 10.8. The zero-order valence-electron chi connectivity index (χ0n) is 13.7. The van der Waals surface area contributed by atoms with Gasteiger partial charge >= 0.3 is 12.1 Å². The highest BCUT2D eigenvalue weighted by atomic mass is 16.6. The number of benzene rings is 1. The molecule has 0 aliphatic rings. The Morgan fingerprint density at radius 1 is 1.14 bits per heavy atom. The second kappa shape index (κ2) is 7.68. The number of carbonyl (C=O) groups is 2. The molecule has 1 aromatic carbocycles. The fourth-order valence-corrected chi connectivity index (χ4v) is 1.67. The van der Waals surface area contributed by atoms with E-state index < -0.39 is 17.7 Å². The molecule has 6 nitrogen and oxygen atoms in total. The summed E-state index contributed by atoms with van der Waals surface area (Å²) in [7, 11) is 0. The van der Waals surface area contributed by atoms with Crippen molar-refractivity contribution in [1.82, 2.24) is 0 Å². The third-order valence-corrected chi connectivity index (χ3v) is 2.42. The average Bonchev–Trinajstić information content (AvgIpc) is 2.37. The first-order chi connectivity index (χ1) is 10.3. The first-order valence-electron chi connectivity index (χ1n) is 7.20. The molecule has 1 aromatic rings. The smallest absolute Gasteiger partial charge is 0.412 e. The topological polar surface area (TPSA) is 73.9 Å². The molecule has 0 bridgehead atoms. The Morgan fingerprint density at radius 2 is 1.82 bits per heavy atom. The SMILES string of the molecule is CCOC(=O)c1ccc(NC(=O)OC(C)(C)C)cc1OCC. The molecule has 0 fully saturated rings. The average molecular weight is 309 g/mol. The van der Waals surface area contributed by atoms with Crippen LogP contribution in [0.2, 0.25) is 0 Å². The van der Waals surface area contributed by atoms with Gasteiger partial charge in [0.15, 0.2) is 0 Å². The molecule has 6 heteroatoms. The lowest BCUT2D eigenvalue weighted by Gasteiger charge is -2.20. The van der Waals surface area contributed by atoms with E-state index in [2.05, 4.69) is 5.32 Å². The van der Waals surface area contributed by atoms with E-state index in [0.29, 0.717) is 23.6 Å². The highest BCUT2D eigenvalue weighted by Gasteiger charge is 2.18. The Bertz CT molecular complexity index is 534. The minimum absolute atomic E-state index is 0.280. The molecular weight excluding hydrogens is 286 g/mol. The van der Waals surface area contributed by atoms with Crippen molar-refractivity contribution in [1.29, 1.82) is 0 Å². The number of anilines is 1. The summed E-state index contributed by atoms with van der Waals surface area (Å²) in [6, 6.07) is 4.72. The van der Waals surface area contributed by atoms with Crippen molar-refractivity contribution in [2.75, 3.05) is 18.5 Å². The first-order valence-corrected chi connectivity index (χ1v) is 7.20. The lowest BCUT2D eigenvalue weighted by molar-refractivity contribution is 0.0521. The minimum atomic E-state index is -0.586. The summed E-state index contributed by atoms with van der Waals surface area (Å²) in [5.41, 5.74) is 0.210. The lowest BCUT2D eigenvalue weighted by atomic mass is 10.2. The van der Waals surface area contributed by atoms with E-state index in [1.54, 1.807) is 45.9 Å². The summed E-state index contributed by atoms with van der Waals surface area (Å²) < 4.78 is 15.6. The summed E-state index contributed by atoms with van der Waals surface area (Å²) >= 11 is 0. The number of carbonyl (C=O) groups excluding carboxylic acids is 2. The molecule has 1 amide bonds. The second-order valence-corrected chi connectivity index (χ2v) is 5.49. The number of esters is 1. The second-order valence-electron chi connectivity index (χ2n) is 5.49. The number of hydrogen-bond acceptors (Lipinski definition) is 5. The number of ether oxygens (including phenoxy) is 3. The first kappa shape index (κ1) is 17.8. The Hall–Kier alpha value is -2.24. The van der Waals surface area contributed by atoms with Gasteiger partial charge < -0.3 is 14.2 Å². The number of amides is 1. The van der Waals surface area contributed by atoms with Crippen LogP contribution < -0.4 is 10.1 Å². The van der Waals surface area contributed by atoms with Crippen LogP contribution in [0.25, 0.3) is 0 Å². The van der Waals surface area contributed by atoms with Gasteiger partial charge in [0.25, 0.3) is 0 Å². The molecule has 0 aliphatic carbocycles. The van der Waals surface area contributed by atoms with E-state index >= 15 is 0 Å². The number of nitrogens with one attached hydrogen (secondary N) is 1. The van der Waals surface area contributed by atoms with Gasteiger partial charge in [-0.05, 0) is 46.8 Å². The van der Waals surface area contributed by atoms with Crippen LogP contribution in [0.1, 0.15) is 45.0 Å². The van der Waals surface area contributed by atoms with E-state index in [-0.39, 0.29) is 6.61 Å². The van der Waals surface area contributed by atoms with Gasteiger partial charge in [-0.1, -0.05) is 0 Å². The Balaban J connectivity index is 2.92. The molecule has 1 N–H and O–H groups in total. The third-order valence-electron chi connectivity index (χ3n) is 2.42. The standard InChI is InChI=1S/C16H23NO5/c1-6-20-13-10-11(17-15(19)22-16(3,4)5)8-9-12(13)14(18)21-7-2/h8-10H,6-7H2,1-5H3,(H,17,19). The Labute approximate surface area is 130 Å². The molecule has 0 atom stereocenters. The molecule has 22 heavy (non-hydrogen) atoms. The molecule has 0 radical (unpaired) electrons. The molecule has 0 unspecified atom stereocenters. The monoisotopic (exact) mass is 309 g/mol. The van der Waals surface area contributed by atoms with Crippen LogP contribution in [0.3, 0.4) is 0 Å². The summed E-state index contributed by atoms with van der Waals surface area (Å²) in [6.45, 7) is 9.55. The van der Waals surface area contributed by atoms with E-state index in [0.717, 1.165) is 0 Å². The van der Waals surface area contributed by atoms with Gasteiger partial charge in [-0.3, -0.25) is 5.32 Å². The highest BCUT2D eigenvalue weighted by Crippen LogP contribution is 2.25. The summed E-state index contributed by atoms with van der Waals surface area (Å²) in [5.74, 6) is -0.107. The predicted octanol–water partition coefficient (Wildman–Crippen LogP) is 3.61. The largest absolute Gasteiger partial charge is 0.493 e. The minimum Gasteiger partial charge on any atom is -0.493 e. The molecule has 0 aliphatic heterocycles. The molecule has 0 spiro atoms. The number of rotatable bonds is 5. The Kier molecular flexibility index (Phi) is 6.22. The molecule has 122 valence electrons. The van der Waals surface area contributed by atoms with Crippen molar-refractivity contribution in [3.8, 4) is 5.75 Å². The van der Waals surface area contributed by atoms with Crippen molar-refractivity contribution < 1.29 is 23.8 Å². The van der Waals surface area contributed by atoms with Gasteiger partial charge in [-0.2, -0.15) is 0 Å². The zero-order valence-corrected chi connectivity index (χ0v) is 13.7. The predicted molar refractivity (Wildman–Crippen MR) is 83.4 cm³/mol. The lowest BCUT2D eigenvalue weighted by Crippen LogP contribution is -2.27. The maximum absolute atomic E-state index is 11.8. The number of hydrogen-bond donors (Lipinski definition) is 1. The fourth-order valence-electron chi connectivity index (χ4n) is 1.67. The summed E-state index contributed by atoms with van der Waals surface area (Å²) in [5, 5.41) is 2.60. The van der Waals surface area contributed by atoms with Gasteiger partial charge in [-0.25, -0.2) is 9.59 Å². The molecule has 0 heterocycles. The van der Waals surface area contributed by atoms with Crippen molar-refractivity contribution in [2.24, 2.45) is 0 Å². The molecule has 1 rings (SSSR count). The van der Waals surface area contributed by atoms with Crippen molar-refractivity contribution >= 4 is 17.7 Å². The highest BCUT2D eigenvalue weighted by molar-refractivity contribution is 5.94. The van der Waals surface area contributed by atoms with Crippen molar-refractivity contribution in [3.63, 3.8) is 0 Å². The quantitative estimate of drug-likeness (QED) is 0.841. The van der Waals surface area contributed by atoms with E-state index in [4.69, 9.17) is 14.2 Å². The third kappa shape index (κ3) is 5.63. The molecule has 0 saturated heterocycles. The summed E-state index contributed by atoms with van der Waals surface area (Å²) in [4.78, 5) is 23.6. The van der Waals surface area contributed by atoms with Crippen LogP contribution in [0.4, 0.5) is 10.5 Å². The maximum atomic E-state index is 11.8. The molecule has 0 saturated carbocycles. The van der Waals surface area contributed by atoms with Gasteiger partial charge in [0.1, 0.15) is 16.9 Å². The van der Waals surface area contributed by atoms with Gasteiger partial charge in [-0.15, -0.1) is 0 Å². The summed E-state index contributed by atoms with van der Waals surface area (Å²) in [6.07, 6.45) is -0.571. The van der Waals surface area contributed by atoms with Gasteiger partial charge in [0.05, 0.1) is 13.2 Å². The van der Waals surface area contributed by atoms with Crippen molar-refractivity contribution in [3.05, 3.63) is 23.8 Å². The van der Waals surface area contributed by atoms with E-state index in [1.807, 2.05) is 6.92 Å². The zero-order chi connectivity index (χ0) is 16.8. The molecule has 0 aromatic heterocycles. The van der Waals surface area contributed by atoms with Gasteiger partial charge in [0, 0.05) is 11.8 Å². The van der Waals surface area contributed by atoms with Crippen molar-refractivity contribution in [2.45, 2.75) is 40.2 Å². The van der Waals surface area contributed by atoms with Crippen LogP contribution in [0.5, 0.6) is 5.75 Å². The van der Waals surface area contributed by atoms with E-state index in [9.17, 15) is 9.59 Å². The molecular formula is C16H23NO5. The van der Waals surface area contributed by atoms with Gasteiger partial charge in [0.2, 0.25) is 0 Å². The Morgan fingerprint density at radius 3 is 2.36 bits per heavy atom. The van der Waals surface area contributed by atoms with Crippen LogP contribution >= 0.6 is 0 Å². The van der Waals surface area contributed by atoms with Crippen LogP contribution in [0.15, 0.2) is 18.2 Å².